The van der Waals surface area contributed by atoms with Gasteiger partial charge in [0.05, 0.1) is 13.2 Å². The van der Waals surface area contributed by atoms with Crippen molar-refractivity contribution in [3.8, 4) is 0 Å². The van der Waals surface area contributed by atoms with Crippen molar-refractivity contribution in [1.29, 1.82) is 0 Å². The molecule has 0 aromatic carbocycles. The van der Waals surface area contributed by atoms with Crippen LogP contribution < -0.4 is 20.8 Å². The summed E-state index contributed by atoms with van der Waals surface area (Å²) < 4.78 is 0. The molecule has 0 radical (unpaired) electrons. The average molecular weight is 561 g/mol. The van der Waals surface area contributed by atoms with Gasteiger partial charge >= 0.3 is 37.7 Å². The minimum Gasteiger partial charge on any atom is -0.550 e. The molecule has 0 aliphatic carbocycles. The van der Waals surface area contributed by atoms with Crippen molar-refractivity contribution in [3.63, 3.8) is 0 Å². The summed E-state index contributed by atoms with van der Waals surface area (Å²) in [5, 5.41) is 61.9. The number of carboxylic acid groups (broad SMARTS) is 2. The van der Waals surface area contributed by atoms with Gasteiger partial charge in [-0.25, -0.2) is 0 Å². The van der Waals surface area contributed by atoms with Gasteiger partial charge in [-0.3, -0.25) is 9.59 Å². The van der Waals surface area contributed by atoms with Crippen LogP contribution >= 0.6 is 0 Å². The van der Waals surface area contributed by atoms with E-state index in [-0.39, 0.29) is 89.7 Å². The first-order valence-corrected chi connectivity index (χ1v) is 11.5. The molecule has 0 aliphatic heterocycles. The van der Waals surface area contributed by atoms with E-state index in [0.717, 1.165) is 0 Å². The monoisotopic (exact) mass is 560 g/mol. The third kappa shape index (κ3) is 24.8. The minimum atomic E-state index is -1.32. The summed E-state index contributed by atoms with van der Waals surface area (Å²) in [6, 6.07) is 0. The Morgan fingerprint density at radius 1 is 0.757 bits per heavy atom. The van der Waals surface area contributed by atoms with Crippen LogP contribution in [-0.2, 0) is 19.2 Å². The number of carbonyl (C=O) groups is 4. The van der Waals surface area contributed by atoms with Crippen LogP contribution in [0, 0.1) is 10.8 Å². The molecule has 0 saturated carbocycles. The number of rotatable bonds is 14. The van der Waals surface area contributed by atoms with Gasteiger partial charge in [0.15, 0.2) is 0 Å². The van der Waals surface area contributed by atoms with Crippen LogP contribution in [0.5, 0.6) is 0 Å². The van der Waals surface area contributed by atoms with E-state index in [4.69, 9.17) is 10.2 Å². The Bertz CT molecular complexity index is 643. The quantitative estimate of drug-likeness (QED) is 0.0729. The second-order valence-corrected chi connectivity index (χ2v) is 9.84. The minimum absolute atomic E-state index is 0. The summed E-state index contributed by atoms with van der Waals surface area (Å²) in [6.07, 6.45) is -2.42. The van der Waals surface area contributed by atoms with E-state index in [2.05, 4.69) is 17.2 Å². The van der Waals surface area contributed by atoms with E-state index in [9.17, 15) is 39.6 Å². The third-order valence-electron chi connectivity index (χ3n) is 4.51. The number of allylic oxidation sites excluding steroid dienone is 1. The zero-order chi connectivity index (χ0) is 29.1. The van der Waals surface area contributed by atoms with E-state index in [1.54, 1.807) is 27.7 Å². The molecule has 6 N–H and O–H groups in total. The van der Waals surface area contributed by atoms with E-state index < -0.39 is 46.8 Å². The van der Waals surface area contributed by atoms with Crippen molar-refractivity contribution in [2.24, 2.45) is 10.8 Å². The predicted molar refractivity (Wildman–Crippen MR) is 134 cm³/mol. The summed E-state index contributed by atoms with van der Waals surface area (Å²) >= 11 is 0. The molecule has 2 atom stereocenters. The van der Waals surface area contributed by atoms with Gasteiger partial charge in [0.25, 0.3) is 0 Å². The molecular weight excluding hydrogens is 516 g/mol. The van der Waals surface area contributed by atoms with Crippen molar-refractivity contribution in [2.75, 3.05) is 26.3 Å². The van der Waals surface area contributed by atoms with Gasteiger partial charge < -0.3 is 50.9 Å². The summed E-state index contributed by atoms with van der Waals surface area (Å²) in [5.41, 5.74) is -0.670. The molecule has 37 heavy (non-hydrogen) atoms. The van der Waals surface area contributed by atoms with Crippen LogP contribution in [0.4, 0.5) is 0 Å². The number of hydrogen-bond acceptors (Lipinski definition) is 10. The second-order valence-electron chi connectivity index (χ2n) is 9.84. The molecule has 13 heteroatoms. The van der Waals surface area contributed by atoms with Gasteiger partial charge in [0.2, 0.25) is 11.8 Å². The Labute approximate surface area is 249 Å². The first kappa shape index (κ1) is 42.8. The number of hydrogen-bond donors (Lipinski definition) is 6. The molecule has 0 fully saturated rings. The molecule has 0 rings (SSSR count). The molecule has 0 unspecified atom stereocenters. The largest absolute Gasteiger partial charge is 2.00 e. The summed E-state index contributed by atoms with van der Waals surface area (Å²) in [6.45, 7) is 13.4. The second kappa shape index (κ2) is 22.7. The van der Waals surface area contributed by atoms with Gasteiger partial charge in [0, 0.05) is 35.9 Å². The van der Waals surface area contributed by atoms with Crippen LogP contribution in [0.2, 0.25) is 0 Å². The molecule has 0 heterocycles. The van der Waals surface area contributed by atoms with E-state index >= 15 is 0 Å². The van der Waals surface area contributed by atoms with Crippen LogP contribution in [0.3, 0.4) is 0 Å². The summed E-state index contributed by atoms with van der Waals surface area (Å²) in [7, 11) is 0. The van der Waals surface area contributed by atoms with Gasteiger partial charge in [0.1, 0.15) is 12.2 Å². The first-order chi connectivity index (χ1) is 16.3. The van der Waals surface area contributed by atoms with Gasteiger partial charge in [-0.1, -0.05) is 33.3 Å². The Kier molecular flexibility index (Phi) is 26.2. The number of aliphatic hydroxyl groups is 4. The number of aliphatic carboxylic acids is 2. The van der Waals surface area contributed by atoms with Gasteiger partial charge in [-0.05, 0) is 39.5 Å². The van der Waals surface area contributed by atoms with Gasteiger partial charge in [-0.2, -0.15) is 0 Å². The Morgan fingerprint density at radius 3 is 1.19 bits per heavy atom. The smallest absolute Gasteiger partial charge is 0.550 e. The van der Waals surface area contributed by atoms with Crippen LogP contribution in [0.15, 0.2) is 12.2 Å². The normalized spacial score (nSPS) is 12.2. The number of amides is 2. The van der Waals surface area contributed by atoms with Crippen molar-refractivity contribution in [2.45, 2.75) is 79.4 Å². The molecule has 2 amide bonds. The first-order valence-electron chi connectivity index (χ1n) is 11.5. The standard InChI is InChI=1S/2C10H19NO5.C4H8.Ca/c2*1-10(2,6-12)8(15)9(16)11-5-3-4-7(13)14;1-4(2)3;/h2*8,12,15H,3-6H2,1-2H3,(H,11,16)(H,13,14);1H2,2-3H3;/q;;;+2/p-2/t2*8-;;/m00../s1. The van der Waals surface area contributed by atoms with Crippen LogP contribution in [-0.4, -0.2) is 120 Å². The molecule has 0 aliphatic rings. The van der Waals surface area contributed by atoms with Crippen LogP contribution in [0.1, 0.15) is 67.2 Å². The zero-order valence-electron chi connectivity index (χ0n) is 23.0. The number of nitrogens with one attached hydrogen (secondary N) is 2. The van der Waals surface area contributed by atoms with E-state index in [1.165, 1.54) is 5.57 Å². The number of carbonyl (C=O) groups excluding carboxylic acids is 4. The molecule has 0 spiro atoms. The van der Waals surface area contributed by atoms with Gasteiger partial charge in [-0.15, -0.1) is 6.58 Å². The molecule has 12 nitrogen and oxygen atoms in total. The van der Waals surface area contributed by atoms with Crippen molar-refractivity contribution in [3.05, 3.63) is 12.2 Å². The molecule has 212 valence electrons. The maximum Gasteiger partial charge on any atom is 2.00 e. The predicted octanol–water partition coefficient (Wildman–Crippen LogP) is -2.77. The summed E-state index contributed by atoms with van der Waals surface area (Å²) in [4.78, 5) is 42.9. The van der Waals surface area contributed by atoms with Crippen molar-refractivity contribution in [1.82, 2.24) is 10.6 Å². The fourth-order valence-electron chi connectivity index (χ4n) is 1.96. The Balaban J connectivity index is -0.000000251. The maximum absolute atomic E-state index is 11.4. The zero-order valence-corrected chi connectivity index (χ0v) is 25.2. The van der Waals surface area contributed by atoms with E-state index in [0.29, 0.717) is 0 Å². The summed E-state index contributed by atoms with van der Waals surface area (Å²) in [5.74, 6) is -3.58. The fourth-order valence-corrected chi connectivity index (χ4v) is 1.96. The maximum atomic E-state index is 11.4. The average Bonchev–Trinajstić information content (AvgIpc) is 2.77. The molecule has 0 aromatic heterocycles. The Morgan fingerprint density at radius 2 is 1.00 bits per heavy atom. The molecule has 0 bridgehead atoms. The van der Waals surface area contributed by atoms with Crippen molar-refractivity contribution < 1.29 is 49.8 Å². The number of carboxylic acids is 2. The van der Waals surface area contributed by atoms with Crippen molar-refractivity contribution >= 4 is 61.5 Å². The van der Waals surface area contributed by atoms with E-state index in [1.807, 2.05) is 13.8 Å². The molecule has 0 aromatic rings. The third-order valence-corrected chi connectivity index (χ3v) is 4.51. The Hall–Kier alpha value is -1.28. The number of aliphatic hydroxyl groups excluding tert-OH is 4. The SMILES string of the molecule is C=C(C)C.CC(C)(CO)[C@@H](O)C(=O)NCCCC(=O)[O-].CC(C)(CO)[C@@H](O)C(=O)NCCCC(=O)[O-].[Ca+2]. The van der Waals surface area contributed by atoms with Crippen LogP contribution in [0.25, 0.3) is 0 Å². The molecule has 0 saturated heterocycles. The molecular formula is C24H44CaN2O10. The fraction of sp³-hybridized carbons (Fsp3) is 0.750. The topological polar surface area (TPSA) is 219 Å².